The van der Waals surface area contributed by atoms with E-state index in [0.717, 1.165) is 6.42 Å². The first-order valence-electron chi connectivity index (χ1n) is 9.24. The lowest BCUT2D eigenvalue weighted by Gasteiger charge is -2.44. The van der Waals surface area contributed by atoms with Gasteiger partial charge in [0.05, 0.1) is 12.2 Å². The fraction of sp³-hybridized carbons (Fsp3) is 0.348. The van der Waals surface area contributed by atoms with Gasteiger partial charge in [0.1, 0.15) is 0 Å². The van der Waals surface area contributed by atoms with Crippen LogP contribution in [0.3, 0.4) is 0 Å². The molecule has 0 radical (unpaired) electrons. The fourth-order valence-corrected chi connectivity index (χ4v) is 8.10. The van der Waals surface area contributed by atoms with Crippen LogP contribution in [0.25, 0.3) is 0 Å². The van der Waals surface area contributed by atoms with Gasteiger partial charge in [-0.1, -0.05) is 93.6 Å². The largest absolute Gasteiger partial charge is 0.401 e. The fourth-order valence-electron chi connectivity index (χ4n) is 3.45. The minimum atomic E-state index is -2.50. The normalized spacial score (nSPS) is 13.5. The van der Waals surface area contributed by atoms with Crippen LogP contribution in [-0.4, -0.2) is 14.4 Å². The van der Waals surface area contributed by atoms with Gasteiger partial charge in [-0.05, 0) is 28.8 Å². The molecule has 1 atom stereocenters. The summed E-state index contributed by atoms with van der Waals surface area (Å²) in [5.41, 5.74) is 0. The highest BCUT2D eigenvalue weighted by atomic mass is 28.4. The molecule has 3 heteroatoms. The van der Waals surface area contributed by atoms with Crippen LogP contribution in [0.1, 0.15) is 40.5 Å². The quantitative estimate of drug-likeness (QED) is 0.402. The highest BCUT2D eigenvalue weighted by Crippen LogP contribution is 2.37. The predicted octanol–water partition coefficient (Wildman–Crippen LogP) is 4.81. The smallest absolute Gasteiger partial charge is 0.261 e. The maximum absolute atomic E-state index is 8.71. The van der Waals surface area contributed by atoms with Crippen LogP contribution < -0.4 is 10.4 Å². The second kappa shape index (κ2) is 8.98. The lowest BCUT2D eigenvalue weighted by molar-refractivity contribution is 0.251. The molecule has 0 heterocycles. The van der Waals surface area contributed by atoms with E-state index in [-0.39, 0.29) is 11.1 Å². The summed E-state index contributed by atoms with van der Waals surface area (Å²) in [6, 6.07) is 23.5. The summed E-state index contributed by atoms with van der Waals surface area (Å²) in [4.78, 5) is 0. The standard InChI is InChI=1S/C23H29NOSi/c1-20(14-8-7-13-19-24)25-26(23(2,3)4,21-15-9-5-10-16-21)22-17-11-6-12-18-22/h5-6,8-12,14-18,20H,7,13H2,1-4H3/b14-8-/t20-/m0/s1. The molecule has 2 aromatic carbocycles. The molecular weight excluding hydrogens is 334 g/mol. The van der Waals surface area contributed by atoms with Crippen LogP contribution in [0.5, 0.6) is 0 Å². The Kier molecular flexibility index (Phi) is 6.96. The molecule has 0 N–H and O–H groups in total. The molecule has 0 bridgehead atoms. The maximum atomic E-state index is 8.71. The number of allylic oxidation sites excluding steroid dienone is 1. The Morgan fingerprint density at radius 1 is 1.00 bits per heavy atom. The van der Waals surface area contributed by atoms with E-state index in [1.165, 1.54) is 10.4 Å². The monoisotopic (exact) mass is 363 g/mol. The van der Waals surface area contributed by atoms with Crippen LogP contribution in [0, 0.1) is 11.3 Å². The van der Waals surface area contributed by atoms with Gasteiger partial charge < -0.3 is 4.43 Å². The van der Waals surface area contributed by atoms with Crippen molar-refractivity contribution in [3.05, 3.63) is 72.8 Å². The predicted molar refractivity (Wildman–Crippen MR) is 112 cm³/mol. The summed E-state index contributed by atoms with van der Waals surface area (Å²) in [7, 11) is -2.50. The number of hydrogen-bond acceptors (Lipinski definition) is 2. The van der Waals surface area contributed by atoms with Gasteiger partial charge in [0.2, 0.25) is 0 Å². The van der Waals surface area contributed by atoms with Gasteiger partial charge in [-0.25, -0.2) is 0 Å². The average Bonchev–Trinajstić information content (AvgIpc) is 2.64. The van der Waals surface area contributed by atoms with Gasteiger partial charge in [0, 0.05) is 6.42 Å². The third-order valence-electron chi connectivity index (χ3n) is 4.61. The Hall–Kier alpha value is -2.15. The van der Waals surface area contributed by atoms with Gasteiger partial charge in [-0.15, -0.1) is 0 Å². The van der Waals surface area contributed by atoms with Gasteiger partial charge in [0.15, 0.2) is 0 Å². The van der Waals surface area contributed by atoms with Crippen molar-refractivity contribution in [2.24, 2.45) is 0 Å². The number of benzene rings is 2. The van der Waals surface area contributed by atoms with E-state index < -0.39 is 8.32 Å². The highest BCUT2D eigenvalue weighted by molar-refractivity contribution is 6.99. The Morgan fingerprint density at radius 3 is 1.92 bits per heavy atom. The third-order valence-corrected chi connectivity index (χ3v) is 9.74. The molecular formula is C23H29NOSi. The van der Waals surface area contributed by atoms with E-state index in [4.69, 9.17) is 9.69 Å². The third kappa shape index (κ3) is 4.52. The summed E-state index contributed by atoms with van der Waals surface area (Å²) in [6.07, 6.45) is 5.45. The van der Waals surface area contributed by atoms with Gasteiger partial charge in [-0.2, -0.15) is 5.26 Å². The molecule has 136 valence electrons. The molecule has 26 heavy (non-hydrogen) atoms. The maximum Gasteiger partial charge on any atom is 0.261 e. The molecule has 2 nitrogen and oxygen atoms in total. The SMILES string of the molecule is C[C@@H](/C=C\CCC#N)O[Si](c1ccccc1)(c1ccccc1)C(C)(C)C. The molecule has 0 unspecified atom stereocenters. The lowest BCUT2D eigenvalue weighted by atomic mass is 10.2. The van der Waals surface area contributed by atoms with Crippen molar-refractivity contribution in [1.29, 1.82) is 5.26 Å². The zero-order valence-corrected chi connectivity index (χ0v) is 17.3. The Labute approximate surface area is 159 Å². The highest BCUT2D eigenvalue weighted by Gasteiger charge is 2.50. The van der Waals surface area contributed by atoms with Gasteiger partial charge >= 0.3 is 0 Å². The van der Waals surface area contributed by atoms with E-state index >= 15 is 0 Å². The van der Waals surface area contributed by atoms with E-state index in [1.54, 1.807) is 0 Å². The summed E-state index contributed by atoms with van der Waals surface area (Å²) in [5.74, 6) is 0. The molecule has 0 aliphatic rings. The van der Waals surface area contributed by atoms with Crippen molar-refractivity contribution in [1.82, 2.24) is 0 Å². The first-order chi connectivity index (χ1) is 12.4. The molecule has 2 aromatic rings. The van der Waals surface area contributed by atoms with Crippen molar-refractivity contribution in [2.75, 3.05) is 0 Å². The van der Waals surface area contributed by atoms with E-state index in [9.17, 15) is 0 Å². The summed E-state index contributed by atoms with van der Waals surface area (Å²) >= 11 is 0. The molecule has 0 saturated heterocycles. The zero-order valence-electron chi connectivity index (χ0n) is 16.3. The lowest BCUT2D eigenvalue weighted by Crippen LogP contribution is -2.67. The zero-order chi connectivity index (χ0) is 19.0. The van der Waals surface area contributed by atoms with Gasteiger partial charge in [-0.3, -0.25) is 0 Å². The van der Waals surface area contributed by atoms with E-state index in [0.29, 0.717) is 6.42 Å². The number of nitrogens with zero attached hydrogens (tertiary/aromatic N) is 1. The van der Waals surface area contributed by atoms with Crippen LogP contribution in [0.15, 0.2) is 72.8 Å². The van der Waals surface area contributed by atoms with Crippen LogP contribution >= 0.6 is 0 Å². The van der Waals surface area contributed by atoms with Crippen molar-refractivity contribution in [3.63, 3.8) is 0 Å². The minimum absolute atomic E-state index is 0.0139. The van der Waals surface area contributed by atoms with Gasteiger partial charge in [0.25, 0.3) is 8.32 Å². The first kappa shape index (κ1) is 20.2. The summed E-state index contributed by atoms with van der Waals surface area (Å²) in [5, 5.41) is 11.3. The van der Waals surface area contributed by atoms with Crippen LogP contribution in [-0.2, 0) is 4.43 Å². The van der Waals surface area contributed by atoms with Crippen molar-refractivity contribution in [3.8, 4) is 6.07 Å². The van der Waals surface area contributed by atoms with Crippen LogP contribution in [0.2, 0.25) is 5.04 Å². The summed E-state index contributed by atoms with van der Waals surface area (Å²) < 4.78 is 6.92. The van der Waals surface area contributed by atoms with Crippen molar-refractivity contribution in [2.45, 2.75) is 51.7 Å². The minimum Gasteiger partial charge on any atom is -0.401 e. The number of unbranched alkanes of at least 4 members (excludes halogenated alkanes) is 1. The molecule has 2 rings (SSSR count). The molecule has 0 aliphatic heterocycles. The number of rotatable bonds is 7. The second-order valence-corrected chi connectivity index (χ2v) is 11.9. The number of nitriles is 1. The molecule has 0 fully saturated rings. The van der Waals surface area contributed by atoms with Crippen LogP contribution in [0.4, 0.5) is 0 Å². The Balaban J connectivity index is 2.51. The molecule has 0 spiro atoms. The number of hydrogen-bond donors (Lipinski definition) is 0. The first-order valence-corrected chi connectivity index (χ1v) is 11.1. The van der Waals surface area contributed by atoms with Crippen molar-refractivity contribution < 1.29 is 4.43 Å². The topological polar surface area (TPSA) is 33.0 Å². The summed E-state index contributed by atoms with van der Waals surface area (Å²) in [6.45, 7) is 8.95. The van der Waals surface area contributed by atoms with Crippen molar-refractivity contribution >= 4 is 18.7 Å². The molecule has 0 saturated carbocycles. The molecule has 0 aromatic heterocycles. The molecule has 0 amide bonds. The Morgan fingerprint density at radius 2 is 1.50 bits per heavy atom. The van der Waals surface area contributed by atoms with E-state index in [1.807, 2.05) is 0 Å². The molecule has 0 aliphatic carbocycles. The average molecular weight is 364 g/mol. The Bertz CT molecular complexity index is 702. The van der Waals surface area contributed by atoms with E-state index in [2.05, 4.69) is 107 Å². The second-order valence-electron chi connectivity index (χ2n) is 7.61.